The number of carbonyl (C=O) groups excluding carboxylic acids is 2. The molecule has 0 rings (SSSR count). The Morgan fingerprint density at radius 1 is 0.880 bits per heavy atom. The van der Waals surface area contributed by atoms with Crippen LogP contribution >= 0.6 is 12.6 Å². The van der Waals surface area contributed by atoms with E-state index in [1.807, 2.05) is 10.6 Å². The normalized spacial score (nSPS) is 8.68. The Kier molecular flexibility index (Phi) is 12.0. The van der Waals surface area contributed by atoms with Crippen LogP contribution in [0.5, 0.6) is 0 Å². The van der Waals surface area contributed by atoms with Gasteiger partial charge in [0.1, 0.15) is 0 Å². The number of hydrogen-bond acceptors (Lipinski definition) is 7. The maximum atomic E-state index is 11.0. The summed E-state index contributed by atoms with van der Waals surface area (Å²) in [5, 5.41) is 36.9. The van der Waals surface area contributed by atoms with Crippen LogP contribution in [0, 0.1) is 21.6 Å². The summed E-state index contributed by atoms with van der Waals surface area (Å²) < 4.78 is 0. The lowest BCUT2D eigenvalue weighted by molar-refractivity contribution is -0.117. The number of hydrogen-bond donors (Lipinski definition) is 10. The molecule has 0 aliphatic heterocycles. The first-order chi connectivity index (χ1) is 11.4. The molecule has 0 aromatic rings. The van der Waals surface area contributed by atoms with Gasteiger partial charge in [0.15, 0.2) is 17.9 Å². The second-order valence-electron chi connectivity index (χ2n) is 4.69. The van der Waals surface area contributed by atoms with Crippen molar-refractivity contribution in [3.05, 3.63) is 0 Å². The highest BCUT2D eigenvalue weighted by Crippen LogP contribution is 1.76. The Hall–Kier alpha value is -3.03. The number of carbonyl (C=O) groups is 2. The molecule has 3 amide bonds. The first-order valence-corrected chi connectivity index (χ1v) is 7.24. The Morgan fingerprint density at radius 2 is 1.32 bits per heavy atom. The topological polar surface area (TPSA) is 210 Å². The number of amides is 3. The monoisotopic (exact) mass is 375 g/mol. The maximum Gasteiger partial charge on any atom is 0.328 e. The lowest BCUT2D eigenvalue weighted by Crippen LogP contribution is -2.51. The van der Waals surface area contributed by atoms with Gasteiger partial charge in [0, 0.05) is 28.2 Å². The summed E-state index contributed by atoms with van der Waals surface area (Å²) in [5.74, 6) is -1.26. The van der Waals surface area contributed by atoms with Crippen molar-refractivity contribution in [1.82, 2.24) is 31.1 Å². The molecule has 25 heavy (non-hydrogen) atoms. The largest absolute Gasteiger partial charge is 0.370 e. The summed E-state index contributed by atoms with van der Waals surface area (Å²) >= 11 is 3.66. The number of nitrogens with two attached hydrogens (primary N) is 1. The molecule has 0 atom stereocenters. The molecule has 0 heterocycles. The summed E-state index contributed by atoms with van der Waals surface area (Å²) in [6.45, 7) is 0. The summed E-state index contributed by atoms with van der Waals surface area (Å²) in [5.41, 5.74) is 4.94. The van der Waals surface area contributed by atoms with E-state index >= 15 is 0 Å². The highest BCUT2D eigenvalue weighted by molar-refractivity contribution is 7.81. The fraction of sp³-hybridized carbons (Fsp3) is 0.455. The van der Waals surface area contributed by atoms with Crippen LogP contribution in [0.15, 0.2) is 0 Å². The van der Waals surface area contributed by atoms with Gasteiger partial charge in [-0.25, -0.2) is 4.79 Å². The molecule has 13 nitrogen and oxygen atoms in total. The molecule has 14 heteroatoms. The van der Waals surface area contributed by atoms with Crippen molar-refractivity contribution >= 4 is 48.4 Å². The lowest BCUT2D eigenvalue weighted by Gasteiger charge is -2.15. The van der Waals surface area contributed by atoms with E-state index in [2.05, 4.69) is 23.3 Å². The van der Waals surface area contributed by atoms with E-state index < -0.39 is 17.9 Å². The van der Waals surface area contributed by atoms with Crippen LogP contribution in [-0.2, 0) is 4.79 Å². The number of thiol groups is 1. The van der Waals surface area contributed by atoms with Gasteiger partial charge in [-0.1, -0.05) is 0 Å². The van der Waals surface area contributed by atoms with Gasteiger partial charge in [-0.3, -0.25) is 47.7 Å². The molecule has 0 saturated heterocycles. The lowest BCUT2D eigenvalue weighted by atomic mass is 10.7. The molecule has 0 aromatic heterocycles. The van der Waals surface area contributed by atoms with Crippen molar-refractivity contribution in [3.8, 4) is 0 Å². The second kappa shape index (κ2) is 12.4. The molecule has 0 spiro atoms. The fourth-order valence-corrected chi connectivity index (χ4v) is 0.891. The van der Waals surface area contributed by atoms with Gasteiger partial charge in [0.05, 0.1) is 5.75 Å². The smallest absolute Gasteiger partial charge is 0.328 e. The Labute approximate surface area is 151 Å². The van der Waals surface area contributed by atoms with Crippen molar-refractivity contribution in [3.63, 3.8) is 0 Å². The summed E-state index contributed by atoms with van der Waals surface area (Å²) in [7, 11) is 6.59. The number of urea groups is 1. The zero-order valence-corrected chi connectivity index (χ0v) is 15.3. The molecule has 142 valence electrons. The van der Waals surface area contributed by atoms with Gasteiger partial charge in [-0.05, 0) is 0 Å². The van der Waals surface area contributed by atoms with Gasteiger partial charge in [-0.15, -0.1) is 0 Å². The highest BCUT2D eigenvalue weighted by Gasteiger charge is 2.09. The average molecular weight is 375 g/mol. The van der Waals surface area contributed by atoms with E-state index in [1.165, 1.54) is 9.80 Å². The van der Waals surface area contributed by atoms with Crippen LogP contribution in [0.2, 0.25) is 0 Å². The molecule has 0 aromatic carbocycles. The molecule has 0 aliphatic carbocycles. The van der Waals surface area contributed by atoms with E-state index in [0.29, 0.717) is 0 Å². The van der Waals surface area contributed by atoms with Crippen LogP contribution in [0.25, 0.3) is 0 Å². The minimum absolute atomic E-state index is 0.0641. The Morgan fingerprint density at radius 3 is 1.64 bits per heavy atom. The quantitative estimate of drug-likeness (QED) is 0.138. The third-order valence-corrected chi connectivity index (χ3v) is 2.31. The predicted octanol–water partition coefficient (Wildman–Crippen LogP) is -2.27. The summed E-state index contributed by atoms with van der Waals surface area (Å²) in [6, 6.07) is -0.844. The van der Waals surface area contributed by atoms with Crippen molar-refractivity contribution in [2.75, 3.05) is 33.9 Å². The maximum absolute atomic E-state index is 11.0. The van der Waals surface area contributed by atoms with Gasteiger partial charge >= 0.3 is 6.03 Å². The Balaban J connectivity index is 0. The van der Waals surface area contributed by atoms with Gasteiger partial charge < -0.3 is 15.5 Å². The molecule has 10 N–H and O–H groups in total. The molecule has 0 saturated carbocycles. The fourth-order valence-electron chi connectivity index (χ4n) is 0.812. The molecular weight excluding hydrogens is 350 g/mol. The molecule has 0 bridgehead atoms. The van der Waals surface area contributed by atoms with Gasteiger partial charge in [-0.2, -0.15) is 12.6 Å². The van der Waals surface area contributed by atoms with Crippen molar-refractivity contribution in [1.29, 1.82) is 21.6 Å². The van der Waals surface area contributed by atoms with Crippen LogP contribution in [0.3, 0.4) is 0 Å². The van der Waals surface area contributed by atoms with E-state index in [-0.39, 0.29) is 23.6 Å². The van der Waals surface area contributed by atoms with Crippen LogP contribution < -0.4 is 27.0 Å². The van der Waals surface area contributed by atoms with Gasteiger partial charge in [0.2, 0.25) is 11.9 Å². The minimum atomic E-state index is -0.844. The zero-order valence-electron chi connectivity index (χ0n) is 14.4. The predicted molar refractivity (Wildman–Crippen MR) is 99.3 cm³/mol. The van der Waals surface area contributed by atoms with Gasteiger partial charge in [0.25, 0.3) is 0 Å². The first kappa shape index (κ1) is 24.2. The molecular formula is C11H25N11O2S. The SMILES string of the molecule is CN(C)C(=N)NC(=N)N.CN(C)C(=N)NC(=N)NC(=O)NC(=O)CS. The number of imide groups is 1. The van der Waals surface area contributed by atoms with Crippen LogP contribution in [-0.4, -0.2) is 79.5 Å². The van der Waals surface area contributed by atoms with Crippen LogP contribution in [0.1, 0.15) is 0 Å². The average Bonchev–Trinajstić information content (AvgIpc) is 2.46. The summed E-state index contributed by atoms with van der Waals surface area (Å²) in [6.07, 6.45) is 0. The molecule has 0 unspecified atom stereocenters. The highest BCUT2D eigenvalue weighted by atomic mass is 32.1. The third-order valence-electron chi connectivity index (χ3n) is 2.03. The second-order valence-corrected chi connectivity index (χ2v) is 5.00. The van der Waals surface area contributed by atoms with Crippen molar-refractivity contribution in [2.45, 2.75) is 0 Å². The molecule has 0 aliphatic rings. The first-order valence-electron chi connectivity index (χ1n) is 6.60. The van der Waals surface area contributed by atoms with E-state index in [4.69, 9.17) is 27.4 Å². The van der Waals surface area contributed by atoms with E-state index in [1.54, 1.807) is 28.2 Å². The Bertz CT molecular complexity index is 532. The number of rotatable bonds is 1. The molecule has 0 fully saturated rings. The van der Waals surface area contributed by atoms with Crippen molar-refractivity contribution in [2.24, 2.45) is 5.73 Å². The zero-order chi connectivity index (χ0) is 20.2. The standard InChI is InChI=1S/C7H14N6O2S.C4H11N5/c1-13(2)6(9)11-5(8)12-7(15)10-4(14)3-16;1-9(2)4(7)8-3(5)6/h16H,3H2,1-2H3,(H5,8,9,10,11,12,14,15);1-2H3,(H5,5,6,7,8). The number of nitrogens with one attached hydrogen (secondary N) is 8. The molecule has 0 radical (unpaired) electrons. The van der Waals surface area contributed by atoms with Crippen LogP contribution in [0.4, 0.5) is 4.79 Å². The minimum Gasteiger partial charge on any atom is -0.370 e. The number of guanidine groups is 4. The van der Waals surface area contributed by atoms with E-state index in [0.717, 1.165) is 0 Å². The third kappa shape index (κ3) is 14.3. The number of nitrogens with zero attached hydrogens (tertiary/aromatic N) is 2. The summed E-state index contributed by atoms with van der Waals surface area (Å²) in [4.78, 5) is 24.7. The van der Waals surface area contributed by atoms with E-state index in [9.17, 15) is 9.59 Å². The van der Waals surface area contributed by atoms with Crippen molar-refractivity contribution < 1.29 is 9.59 Å².